The third kappa shape index (κ3) is 4.88. The molecule has 1 saturated heterocycles. The molecule has 5 nitrogen and oxygen atoms in total. The maximum atomic E-state index is 12.5. The molecular formula is C22H27N3O2. The molecule has 0 aromatic heterocycles. The van der Waals surface area contributed by atoms with Gasteiger partial charge in [-0.1, -0.05) is 50.2 Å². The van der Waals surface area contributed by atoms with Crippen LogP contribution in [0.15, 0.2) is 54.6 Å². The highest BCUT2D eigenvalue weighted by atomic mass is 16.2. The molecule has 0 bridgehead atoms. The van der Waals surface area contributed by atoms with Crippen LogP contribution in [0.4, 0.5) is 10.5 Å². The second-order valence-corrected chi connectivity index (χ2v) is 7.31. The van der Waals surface area contributed by atoms with Crippen molar-refractivity contribution in [2.45, 2.75) is 32.7 Å². The molecule has 2 N–H and O–H groups in total. The zero-order chi connectivity index (χ0) is 19.2. The third-order valence-corrected chi connectivity index (χ3v) is 4.87. The fourth-order valence-corrected chi connectivity index (χ4v) is 3.44. The Labute approximate surface area is 160 Å². The number of benzene rings is 2. The molecule has 3 amide bonds. The molecule has 2 aromatic rings. The number of nitrogens with one attached hydrogen (secondary N) is 2. The van der Waals surface area contributed by atoms with E-state index in [1.54, 1.807) is 24.3 Å². The third-order valence-electron chi connectivity index (χ3n) is 4.87. The topological polar surface area (TPSA) is 61.4 Å². The van der Waals surface area contributed by atoms with Gasteiger partial charge in [-0.15, -0.1) is 0 Å². The summed E-state index contributed by atoms with van der Waals surface area (Å²) in [4.78, 5) is 26.9. The van der Waals surface area contributed by atoms with Gasteiger partial charge in [0.1, 0.15) is 0 Å². The van der Waals surface area contributed by atoms with E-state index in [2.05, 4.69) is 24.5 Å². The molecule has 1 aliphatic rings. The molecule has 1 heterocycles. The number of carbonyl (C=O) groups excluding carboxylic acids is 2. The number of anilines is 1. The van der Waals surface area contributed by atoms with Crippen LogP contribution < -0.4 is 10.6 Å². The Kier molecular flexibility index (Phi) is 6.12. The normalized spacial score (nSPS) is 14.9. The molecule has 0 unspecified atom stereocenters. The Hall–Kier alpha value is -2.82. The van der Waals surface area contributed by atoms with Crippen LogP contribution in [0.25, 0.3) is 0 Å². The lowest BCUT2D eigenvalue weighted by Crippen LogP contribution is -2.35. The van der Waals surface area contributed by atoms with Gasteiger partial charge >= 0.3 is 6.03 Å². The Morgan fingerprint density at radius 1 is 0.963 bits per heavy atom. The van der Waals surface area contributed by atoms with Gasteiger partial charge in [-0.2, -0.15) is 0 Å². The van der Waals surface area contributed by atoms with Crippen LogP contribution in [0.2, 0.25) is 0 Å². The van der Waals surface area contributed by atoms with E-state index in [-0.39, 0.29) is 23.9 Å². The van der Waals surface area contributed by atoms with Crippen molar-refractivity contribution < 1.29 is 9.59 Å². The molecule has 0 saturated carbocycles. The van der Waals surface area contributed by atoms with Gasteiger partial charge < -0.3 is 15.5 Å². The molecule has 27 heavy (non-hydrogen) atoms. The second kappa shape index (κ2) is 8.71. The molecule has 5 heteroatoms. The molecule has 142 valence electrons. The lowest BCUT2D eigenvalue weighted by molar-refractivity contribution is 0.0793. The minimum absolute atomic E-state index is 0.0286. The average molecular weight is 365 g/mol. The maximum Gasteiger partial charge on any atom is 0.319 e. The molecule has 0 aliphatic carbocycles. The first-order chi connectivity index (χ1) is 13.0. The lowest BCUT2D eigenvalue weighted by atomic mass is 9.96. The Morgan fingerprint density at radius 3 is 2.33 bits per heavy atom. The standard InChI is InChI=1S/C22H27N3O2/c1-16(2)20(17-9-4-3-5-10-17)24-22(27)23-19-12-8-11-18(15-19)21(26)25-13-6-7-14-25/h3-5,8-12,15-16,20H,6-7,13-14H2,1-2H3,(H2,23,24,27)/t20-/m1/s1. The summed E-state index contributed by atoms with van der Waals surface area (Å²) >= 11 is 0. The summed E-state index contributed by atoms with van der Waals surface area (Å²) < 4.78 is 0. The van der Waals surface area contributed by atoms with Gasteiger partial charge in [-0.25, -0.2) is 4.79 Å². The van der Waals surface area contributed by atoms with Crippen molar-refractivity contribution >= 4 is 17.6 Å². The smallest absolute Gasteiger partial charge is 0.319 e. The predicted molar refractivity (Wildman–Crippen MR) is 108 cm³/mol. The highest BCUT2D eigenvalue weighted by molar-refractivity contribution is 5.97. The largest absolute Gasteiger partial charge is 0.339 e. The summed E-state index contributed by atoms with van der Waals surface area (Å²) in [6, 6.07) is 16.7. The predicted octanol–water partition coefficient (Wildman–Crippen LogP) is 4.44. The van der Waals surface area contributed by atoms with Crippen molar-refractivity contribution in [3.8, 4) is 0 Å². The minimum atomic E-state index is -0.275. The van der Waals surface area contributed by atoms with Crippen LogP contribution in [-0.4, -0.2) is 29.9 Å². The minimum Gasteiger partial charge on any atom is -0.339 e. The maximum absolute atomic E-state index is 12.5. The summed E-state index contributed by atoms with van der Waals surface area (Å²) in [5, 5.41) is 5.90. The Balaban J connectivity index is 1.66. The van der Waals surface area contributed by atoms with E-state index in [9.17, 15) is 9.59 Å². The number of urea groups is 1. The van der Waals surface area contributed by atoms with Crippen LogP contribution in [0.1, 0.15) is 48.7 Å². The first-order valence-corrected chi connectivity index (χ1v) is 9.56. The van der Waals surface area contributed by atoms with E-state index < -0.39 is 0 Å². The van der Waals surface area contributed by atoms with Crippen molar-refractivity contribution in [2.75, 3.05) is 18.4 Å². The first-order valence-electron chi connectivity index (χ1n) is 9.56. The molecule has 2 aromatic carbocycles. The first kappa shape index (κ1) is 19.0. The average Bonchev–Trinajstić information content (AvgIpc) is 3.21. The molecular weight excluding hydrogens is 338 g/mol. The van der Waals surface area contributed by atoms with Crippen molar-refractivity contribution in [1.29, 1.82) is 0 Å². The highest BCUT2D eigenvalue weighted by Crippen LogP contribution is 2.22. The van der Waals surface area contributed by atoms with Crippen LogP contribution in [0.5, 0.6) is 0 Å². The van der Waals surface area contributed by atoms with E-state index in [0.717, 1.165) is 31.5 Å². The van der Waals surface area contributed by atoms with Gasteiger partial charge in [-0.05, 0) is 42.5 Å². The van der Waals surface area contributed by atoms with Crippen molar-refractivity contribution in [2.24, 2.45) is 5.92 Å². The number of nitrogens with zero attached hydrogens (tertiary/aromatic N) is 1. The molecule has 1 fully saturated rings. The van der Waals surface area contributed by atoms with Crippen molar-refractivity contribution in [3.63, 3.8) is 0 Å². The van der Waals surface area contributed by atoms with Gasteiger partial charge in [0.25, 0.3) is 5.91 Å². The summed E-state index contributed by atoms with van der Waals surface area (Å²) in [6.45, 7) is 5.77. The van der Waals surface area contributed by atoms with Gasteiger partial charge in [0.05, 0.1) is 6.04 Å². The number of likely N-dealkylation sites (tertiary alicyclic amines) is 1. The monoisotopic (exact) mass is 365 g/mol. The van der Waals surface area contributed by atoms with Crippen LogP contribution >= 0.6 is 0 Å². The van der Waals surface area contributed by atoms with Crippen LogP contribution in [0.3, 0.4) is 0 Å². The van der Waals surface area contributed by atoms with E-state index in [4.69, 9.17) is 0 Å². The van der Waals surface area contributed by atoms with E-state index in [1.807, 2.05) is 35.2 Å². The summed E-state index contributed by atoms with van der Waals surface area (Å²) in [7, 11) is 0. The fourth-order valence-electron chi connectivity index (χ4n) is 3.44. The SMILES string of the molecule is CC(C)[C@@H](NC(=O)Nc1cccc(C(=O)N2CCCC2)c1)c1ccccc1. The summed E-state index contributed by atoms with van der Waals surface area (Å²) in [5.41, 5.74) is 2.30. The zero-order valence-corrected chi connectivity index (χ0v) is 15.9. The number of amides is 3. The van der Waals surface area contributed by atoms with Gasteiger partial charge in [-0.3, -0.25) is 4.79 Å². The quantitative estimate of drug-likeness (QED) is 0.823. The molecule has 0 radical (unpaired) electrons. The Bertz CT molecular complexity index is 783. The number of hydrogen-bond acceptors (Lipinski definition) is 2. The van der Waals surface area contributed by atoms with Crippen molar-refractivity contribution in [3.05, 3.63) is 65.7 Å². The Morgan fingerprint density at radius 2 is 1.67 bits per heavy atom. The summed E-state index contributed by atoms with van der Waals surface area (Å²) in [6.07, 6.45) is 2.12. The van der Waals surface area contributed by atoms with E-state index in [1.165, 1.54) is 0 Å². The van der Waals surface area contributed by atoms with Crippen LogP contribution in [-0.2, 0) is 0 Å². The molecule has 1 atom stereocenters. The summed E-state index contributed by atoms with van der Waals surface area (Å²) in [5.74, 6) is 0.280. The van der Waals surface area contributed by atoms with Gasteiger partial charge in [0.15, 0.2) is 0 Å². The fraction of sp³-hybridized carbons (Fsp3) is 0.364. The molecule has 1 aliphatic heterocycles. The number of carbonyl (C=O) groups is 2. The molecule has 0 spiro atoms. The van der Waals surface area contributed by atoms with Gasteiger partial charge in [0, 0.05) is 24.3 Å². The number of rotatable bonds is 5. The van der Waals surface area contributed by atoms with E-state index in [0.29, 0.717) is 11.3 Å². The van der Waals surface area contributed by atoms with Crippen molar-refractivity contribution in [1.82, 2.24) is 10.2 Å². The zero-order valence-electron chi connectivity index (χ0n) is 15.9. The van der Waals surface area contributed by atoms with Crippen LogP contribution in [0, 0.1) is 5.92 Å². The van der Waals surface area contributed by atoms with E-state index >= 15 is 0 Å². The number of hydrogen-bond donors (Lipinski definition) is 2. The molecule has 3 rings (SSSR count). The lowest BCUT2D eigenvalue weighted by Gasteiger charge is -2.23. The second-order valence-electron chi connectivity index (χ2n) is 7.31. The van der Waals surface area contributed by atoms with Gasteiger partial charge in [0.2, 0.25) is 0 Å². The highest BCUT2D eigenvalue weighted by Gasteiger charge is 2.21.